The van der Waals surface area contributed by atoms with Crippen LogP contribution in [0, 0.1) is 0 Å². The Morgan fingerprint density at radius 1 is 0.522 bits per heavy atom. The van der Waals surface area contributed by atoms with E-state index in [9.17, 15) is 10.2 Å². The maximum Gasteiger partial charge on any atom is 0.124 e. The van der Waals surface area contributed by atoms with Crippen LogP contribution in [0.25, 0.3) is 33.3 Å². The van der Waals surface area contributed by atoms with E-state index in [4.69, 9.17) is 0 Å². The van der Waals surface area contributed by atoms with E-state index in [0.717, 1.165) is 33.3 Å². The van der Waals surface area contributed by atoms with Crippen LogP contribution in [0.1, 0.15) is 0 Å². The Labute approximate surface area is 133 Å². The molecule has 112 valence electrons. The van der Waals surface area contributed by atoms with E-state index in [-0.39, 0.29) is 11.5 Å². The number of aromatic hydroxyl groups is 2. The van der Waals surface area contributed by atoms with Crippen molar-refractivity contribution in [3.63, 3.8) is 0 Å². The molecule has 0 aliphatic rings. The molecule has 0 aliphatic heterocycles. The number of nitrogens with one attached hydrogen (secondary N) is 1. The summed E-state index contributed by atoms with van der Waals surface area (Å²) < 4.78 is 0. The van der Waals surface area contributed by atoms with E-state index in [2.05, 4.69) is 4.98 Å². The fourth-order valence-corrected chi connectivity index (χ4v) is 2.97. The number of phenols is 2. The molecule has 0 saturated heterocycles. The van der Waals surface area contributed by atoms with Gasteiger partial charge >= 0.3 is 0 Å². The van der Waals surface area contributed by atoms with Crippen molar-refractivity contribution in [3.05, 3.63) is 72.8 Å². The van der Waals surface area contributed by atoms with Gasteiger partial charge < -0.3 is 15.2 Å². The normalized spacial score (nSPS) is 11.0. The molecule has 1 aromatic heterocycles. The summed E-state index contributed by atoms with van der Waals surface area (Å²) in [6.45, 7) is 0. The first kappa shape index (κ1) is 13.5. The summed E-state index contributed by atoms with van der Waals surface area (Å²) in [5.74, 6) is 0.451. The Morgan fingerprint density at radius 3 is 1.35 bits per heavy atom. The SMILES string of the molecule is Oc1ccccc1-c1[nH]c(-c2ccccc2O)c2ccccc12. The Morgan fingerprint density at radius 2 is 0.913 bits per heavy atom. The molecule has 0 radical (unpaired) electrons. The molecular formula is C20H15NO2. The van der Waals surface area contributed by atoms with Crippen molar-refractivity contribution in [1.82, 2.24) is 4.98 Å². The number of rotatable bonds is 2. The van der Waals surface area contributed by atoms with Crippen LogP contribution in [0.5, 0.6) is 11.5 Å². The number of aromatic nitrogens is 1. The number of hydrogen-bond acceptors (Lipinski definition) is 2. The number of phenolic OH excluding ortho intramolecular Hbond substituents is 2. The van der Waals surface area contributed by atoms with Gasteiger partial charge in [-0.2, -0.15) is 0 Å². The molecule has 3 aromatic carbocycles. The molecule has 3 N–H and O–H groups in total. The van der Waals surface area contributed by atoms with Crippen molar-refractivity contribution >= 4 is 10.8 Å². The first-order valence-corrected chi connectivity index (χ1v) is 7.43. The van der Waals surface area contributed by atoms with Crippen LogP contribution < -0.4 is 0 Å². The van der Waals surface area contributed by atoms with E-state index >= 15 is 0 Å². The smallest absolute Gasteiger partial charge is 0.124 e. The fourth-order valence-electron chi connectivity index (χ4n) is 2.97. The maximum atomic E-state index is 10.2. The molecule has 0 aliphatic carbocycles. The topological polar surface area (TPSA) is 56.2 Å². The highest BCUT2D eigenvalue weighted by molar-refractivity contribution is 6.05. The Kier molecular flexibility index (Phi) is 3.05. The van der Waals surface area contributed by atoms with Crippen molar-refractivity contribution in [1.29, 1.82) is 0 Å². The third-order valence-electron chi connectivity index (χ3n) is 4.06. The highest BCUT2D eigenvalue weighted by Gasteiger charge is 2.16. The molecule has 3 nitrogen and oxygen atoms in total. The van der Waals surface area contributed by atoms with Gasteiger partial charge in [-0.25, -0.2) is 0 Å². The van der Waals surface area contributed by atoms with Crippen LogP contribution >= 0.6 is 0 Å². The fraction of sp³-hybridized carbons (Fsp3) is 0. The van der Waals surface area contributed by atoms with Gasteiger partial charge in [-0.3, -0.25) is 0 Å². The van der Waals surface area contributed by atoms with E-state index < -0.39 is 0 Å². The number of aromatic amines is 1. The van der Waals surface area contributed by atoms with Crippen molar-refractivity contribution in [2.45, 2.75) is 0 Å². The van der Waals surface area contributed by atoms with Crippen molar-refractivity contribution in [2.24, 2.45) is 0 Å². The van der Waals surface area contributed by atoms with Gasteiger partial charge in [-0.1, -0.05) is 48.5 Å². The second-order valence-electron chi connectivity index (χ2n) is 5.45. The van der Waals surface area contributed by atoms with E-state index in [1.165, 1.54) is 0 Å². The minimum atomic E-state index is 0.225. The lowest BCUT2D eigenvalue weighted by Gasteiger charge is -2.03. The zero-order valence-corrected chi connectivity index (χ0v) is 12.3. The zero-order chi connectivity index (χ0) is 15.8. The lowest BCUT2D eigenvalue weighted by atomic mass is 10.0. The summed E-state index contributed by atoms with van der Waals surface area (Å²) in [6.07, 6.45) is 0. The number of fused-ring (bicyclic) bond motifs is 1. The van der Waals surface area contributed by atoms with Gasteiger partial charge in [-0.05, 0) is 24.3 Å². The molecule has 4 rings (SSSR count). The van der Waals surface area contributed by atoms with Crippen LogP contribution in [-0.4, -0.2) is 15.2 Å². The summed E-state index contributed by atoms with van der Waals surface area (Å²) in [5, 5.41) is 22.4. The molecule has 0 bridgehead atoms. The molecule has 0 fully saturated rings. The molecule has 3 heteroatoms. The van der Waals surface area contributed by atoms with Gasteiger partial charge in [0.25, 0.3) is 0 Å². The first-order valence-electron chi connectivity index (χ1n) is 7.43. The Balaban J connectivity index is 2.06. The molecule has 0 atom stereocenters. The standard InChI is InChI=1S/C20H15NO2/c22-17-11-5-3-9-15(17)19-13-7-1-2-8-14(13)20(21-19)16-10-4-6-12-18(16)23/h1-12,21-23H. The summed E-state index contributed by atoms with van der Waals surface area (Å²) >= 11 is 0. The summed E-state index contributed by atoms with van der Waals surface area (Å²) in [4.78, 5) is 3.38. The minimum Gasteiger partial charge on any atom is -0.507 e. The Hall–Kier alpha value is -3.20. The molecular weight excluding hydrogens is 286 g/mol. The summed E-state index contributed by atoms with van der Waals surface area (Å²) in [5.41, 5.74) is 3.17. The van der Waals surface area contributed by atoms with Crippen LogP contribution in [0.15, 0.2) is 72.8 Å². The second kappa shape index (κ2) is 5.21. The Bertz CT molecular complexity index is 922. The second-order valence-corrected chi connectivity index (χ2v) is 5.45. The zero-order valence-electron chi connectivity index (χ0n) is 12.3. The molecule has 23 heavy (non-hydrogen) atoms. The van der Waals surface area contributed by atoms with Gasteiger partial charge in [-0.15, -0.1) is 0 Å². The summed E-state index contributed by atoms with van der Waals surface area (Å²) in [7, 11) is 0. The van der Waals surface area contributed by atoms with Crippen molar-refractivity contribution in [2.75, 3.05) is 0 Å². The van der Waals surface area contributed by atoms with Gasteiger partial charge in [0.05, 0.1) is 11.4 Å². The molecule has 0 unspecified atom stereocenters. The highest BCUT2D eigenvalue weighted by atomic mass is 16.3. The minimum absolute atomic E-state index is 0.225. The van der Waals surface area contributed by atoms with Gasteiger partial charge in [0, 0.05) is 21.9 Å². The van der Waals surface area contributed by atoms with Crippen molar-refractivity contribution in [3.8, 4) is 34.0 Å². The predicted molar refractivity (Wildman–Crippen MR) is 92.5 cm³/mol. The third kappa shape index (κ3) is 2.14. The van der Waals surface area contributed by atoms with E-state index in [1.807, 2.05) is 48.5 Å². The van der Waals surface area contributed by atoms with Gasteiger partial charge in [0.1, 0.15) is 11.5 Å². The molecule has 1 heterocycles. The van der Waals surface area contributed by atoms with Gasteiger partial charge in [0.15, 0.2) is 0 Å². The first-order chi connectivity index (χ1) is 11.3. The average Bonchev–Trinajstić information content (AvgIpc) is 2.95. The molecule has 0 saturated carbocycles. The van der Waals surface area contributed by atoms with E-state index in [0.29, 0.717) is 0 Å². The van der Waals surface area contributed by atoms with Gasteiger partial charge in [0.2, 0.25) is 0 Å². The number of benzene rings is 3. The third-order valence-corrected chi connectivity index (χ3v) is 4.06. The van der Waals surface area contributed by atoms with Crippen LogP contribution in [0.4, 0.5) is 0 Å². The maximum absolute atomic E-state index is 10.2. The predicted octanol–water partition coefficient (Wildman–Crippen LogP) is 4.91. The number of H-pyrrole nitrogens is 1. The van der Waals surface area contributed by atoms with Crippen molar-refractivity contribution < 1.29 is 10.2 Å². The lowest BCUT2D eigenvalue weighted by molar-refractivity contribution is 0.477. The highest BCUT2D eigenvalue weighted by Crippen LogP contribution is 2.40. The molecule has 0 spiro atoms. The lowest BCUT2D eigenvalue weighted by Crippen LogP contribution is -1.81. The van der Waals surface area contributed by atoms with E-state index in [1.54, 1.807) is 24.3 Å². The molecule has 0 amide bonds. The van der Waals surface area contributed by atoms with Crippen LogP contribution in [0.2, 0.25) is 0 Å². The van der Waals surface area contributed by atoms with Crippen LogP contribution in [-0.2, 0) is 0 Å². The average molecular weight is 301 g/mol. The number of hydrogen-bond donors (Lipinski definition) is 3. The number of para-hydroxylation sites is 2. The largest absolute Gasteiger partial charge is 0.507 e. The monoisotopic (exact) mass is 301 g/mol. The summed E-state index contributed by atoms with van der Waals surface area (Å²) in [6, 6.07) is 22.4. The quantitative estimate of drug-likeness (QED) is 0.492. The molecule has 4 aromatic rings. The van der Waals surface area contributed by atoms with Crippen LogP contribution in [0.3, 0.4) is 0 Å².